The molecule has 1 fully saturated rings. The van der Waals surface area contributed by atoms with Gasteiger partial charge in [0.15, 0.2) is 11.5 Å². The number of aryl methyl sites for hydroxylation is 2. The first-order valence-electron chi connectivity index (χ1n) is 11.4. The molecule has 1 aromatic heterocycles. The number of benzene rings is 1. The summed E-state index contributed by atoms with van der Waals surface area (Å²) in [6, 6.07) is 3.75. The monoisotopic (exact) mass is 449 g/mol. The number of amides is 1. The number of carbonyl (C=O) groups excluding carboxylic acids is 1. The molecule has 1 aliphatic heterocycles. The lowest BCUT2D eigenvalue weighted by molar-refractivity contribution is -0.120. The van der Waals surface area contributed by atoms with Gasteiger partial charge in [-0.25, -0.2) is 0 Å². The molecule has 0 radical (unpaired) electrons. The van der Waals surface area contributed by atoms with Gasteiger partial charge in [0.25, 0.3) is 17.3 Å². The largest absolute Gasteiger partial charge is 0.448 e. The van der Waals surface area contributed by atoms with Crippen molar-refractivity contribution >= 4 is 5.91 Å². The zero-order valence-corrected chi connectivity index (χ0v) is 19.6. The Morgan fingerprint density at radius 2 is 1.88 bits per heavy atom. The zero-order chi connectivity index (χ0) is 23.9. The number of nitrogens with one attached hydrogen (secondary N) is 2. The van der Waals surface area contributed by atoms with E-state index in [1.165, 1.54) is 0 Å². The van der Waals surface area contributed by atoms with Crippen LogP contribution in [0, 0.1) is 39.0 Å². The van der Waals surface area contributed by atoms with Gasteiger partial charge in [-0.15, -0.1) is 6.42 Å². The van der Waals surface area contributed by atoms with E-state index in [2.05, 4.69) is 16.2 Å². The van der Waals surface area contributed by atoms with Crippen molar-refractivity contribution in [2.45, 2.75) is 71.8 Å². The summed E-state index contributed by atoms with van der Waals surface area (Å²) in [4.78, 5) is 28.2. The number of carbonyl (C=O) groups is 1. The number of terminal acetylenes is 1. The quantitative estimate of drug-likeness (QED) is 0.622. The van der Waals surface area contributed by atoms with Crippen molar-refractivity contribution in [2.24, 2.45) is 11.7 Å². The minimum atomic E-state index is -0.847. The number of ether oxygens (including phenoxy) is 2. The van der Waals surface area contributed by atoms with Gasteiger partial charge in [-0.05, 0) is 64.2 Å². The zero-order valence-electron chi connectivity index (χ0n) is 19.6. The van der Waals surface area contributed by atoms with Crippen LogP contribution in [-0.2, 0) is 6.54 Å². The third-order valence-electron chi connectivity index (χ3n) is 6.93. The van der Waals surface area contributed by atoms with E-state index >= 15 is 0 Å². The third-order valence-corrected chi connectivity index (χ3v) is 6.93. The summed E-state index contributed by atoms with van der Waals surface area (Å²) in [7, 11) is 0. The number of aromatic amines is 1. The topological polar surface area (TPSA) is 106 Å². The summed E-state index contributed by atoms with van der Waals surface area (Å²) in [5, 5.41) is 2.85. The van der Waals surface area contributed by atoms with Gasteiger partial charge >= 0.3 is 0 Å². The van der Waals surface area contributed by atoms with Crippen molar-refractivity contribution in [3.8, 4) is 23.8 Å². The Morgan fingerprint density at radius 3 is 2.52 bits per heavy atom. The molecule has 1 atom stereocenters. The second-order valence-corrected chi connectivity index (χ2v) is 9.36. The Balaban J connectivity index is 1.59. The molecule has 0 bridgehead atoms. The second kappa shape index (κ2) is 8.60. The molecule has 2 aromatic rings. The number of rotatable bonds is 4. The fraction of sp³-hybridized carbons (Fsp3) is 0.462. The van der Waals surface area contributed by atoms with Crippen LogP contribution in [0.4, 0.5) is 0 Å². The molecule has 1 aliphatic carbocycles. The maximum atomic E-state index is 13.1. The Kier molecular flexibility index (Phi) is 5.98. The lowest BCUT2D eigenvalue weighted by atomic mass is 9.81. The van der Waals surface area contributed by atoms with Gasteiger partial charge in [0.1, 0.15) is 0 Å². The average molecular weight is 450 g/mol. The molecule has 1 saturated carbocycles. The summed E-state index contributed by atoms with van der Waals surface area (Å²) in [5.41, 5.74) is 9.52. The van der Waals surface area contributed by atoms with Gasteiger partial charge in [0.05, 0.1) is 5.56 Å². The van der Waals surface area contributed by atoms with Crippen molar-refractivity contribution in [3.63, 3.8) is 0 Å². The summed E-state index contributed by atoms with van der Waals surface area (Å²) in [6.45, 7) is 7.54. The second-order valence-electron chi connectivity index (χ2n) is 9.36. The van der Waals surface area contributed by atoms with Crippen LogP contribution >= 0.6 is 0 Å². The number of H-pyrrole nitrogens is 1. The fourth-order valence-corrected chi connectivity index (χ4v) is 4.90. The molecule has 0 saturated heterocycles. The molecule has 174 valence electrons. The summed E-state index contributed by atoms with van der Waals surface area (Å²) >= 11 is 0. The van der Waals surface area contributed by atoms with Crippen molar-refractivity contribution in [3.05, 3.63) is 56.0 Å². The van der Waals surface area contributed by atoms with Crippen molar-refractivity contribution < 1.29 is 14.3 Å². The highest BCUT2D eigenvalue weighted by Crippen LogP contribution is 2.49. The van der Waals surface area contributed by atoms with Gasteiger partial charge in [-0.1, -0.05) is 5.92 Å². The first kappa shape index (κ1) is 22.9. The maximum absolute atomic E-state index is 13.1. The van der Waals surface area contributed by atoms with Gasteiger partial charge in [-0.2, -0.15) is 0 Å². The van der Waals surface area contributed by atoms with Gasteiger partial charge in [0.2, 0.25) is 0 Å². The summed E-state index contributed by atoms with van der Waals surface area (Å²) in [5.74, 6) is 2.67. The highest BCUT2D eigenvalue weighted by Gasteiger charge is 2.47. The van der Waals surface area contributed by atoms with E-state index < -0.39 is 5.79 Å². The van der Waals surface area contributed by atoms with Gasteiger partial charge < -0.3 is 25.5 Å². The fourth-order valence-electron chi connectivity index (χ4n) is 4.90. The Bertz CT molecular complexity index is 1200. The van der Waals surface area contributed by atoms with Crippen LogP contribution < -0.4 is 26.1 Å². The van der Waals surface area contributed by atoms with Crippen LogP contribution in [-0.4, -0.2) is 22.7 Å². The first-order valence-corrected chi connectivity index (χ1v) is 11.4. The standard InChI is InChI=1S/C26H31N3O4/c1-6-17-12-20(24(30)28-13-21-14(2)11-15(3)29-25(21)31)16(4)22-23(17)33-26(5,32-22)18-7-9-19(27)10-8-18/h1,11-12,18-19H,7-10,13,27H2,2-5H3,(H,28,30)(H,29,31)/t18-,19-,26?. The van der Waals surface area contributed by atoms with E-state index in [0.717, 1.165) is 36.9 Å². The highest BCUT2D eigenvalue weighted by molar-refractivity contribution is 5.97. The van der Waals surface area contributed by atoms with Crippen LogP contribution in [0.1, 0.15) is 70.9 Å². The molecule has 2 aliphatic rings. The van der Waals surface area contributed by atoms with E-state index in [4.69, 9.17) is 21.6 Å². The van der Waals surface area contributed by atoms with Crippen molar-refractivity contribution in [1.29, 1.82) is 0 Å². The van der Waals surface area contributed by atoms with Crippen LogP contribution in [0.2, 0.25) is 0 Å². The number of aromatic nitrogens is 1. The molecular formula is C26H31N3O4. The molecule has 4 rings (SSSR count). The summed E-state index contributed by atoms with van der Waals surface area (Å²) < 4.78 is 12.6. The average Bonchev–Trinajstić information content (AvgIpc) is 3.13. The van der Waals surface area contributed by atoms with E-state index in [9.17, 15) is 9.59 Å². The molecule has 1 unspecified atom stereocenters. The Hall–Kier alpha value is -3.24. The van der Waals surface area contributed by atoms with Gasteiger partial charge in [0, 0.05) is 47.8 Å². The predicted octanol–water partition coefficient (Wildman–Crippen LogP) is 3.22. The van der Waals surface area contributed by atoms with E-state index in [-0.39, 0.29) is 30.0 Å². The lowest BCUT2D eigenvalue weighted by Gasteiger charge is -2.36. The molecule has 2 heterocycles. The van der Waals surface area contributed by atoms with Crippen LogP contribution in [0.15, 0.2) is 16.9 Å². The SMILES string of the molecule is C#Cc1cc(C(=O)NCc2c(C)cc(C)[nH]c2=O)c(C)c2c1OC(C)([C@H]1CC[C@H](N)CC1)O2. The molecule has 7 nitrogen and oxygen atoms in total. The molecule has 7 heteroatoms. The van der Waals surface area contributed by atoms with Crippen LogP contribution in [0.5, 0.6) is 11.5 Å². The maximum Gasteiger partial charge on any atom is 0.253 e. The lowest BCUT2D eigenvalue weighted by Crippen LogP contribution is -2.46. The molecule has 4 N–H and O–H groups in total. The molecule has 33 heavy (non-hydrogen) atoms. The van der Waals surface area contributed by atoms with E-state index in [1.807, 2.05) is 33.8 Å². The number of hydrogen-bond acceptors (Lipinski definition) is 5. The van der Waals surface area contributed by atoms with Crippen LogP contribution in [0.25, 0.3) is 0 Å². The molecule has 1 amide bonds. The van der Waals surface area contributed by atoms with E-state index in [0.29, 0.717) is 33.8 Å². The van der Waals surface area contributed by atoms with Crippen molar-refractivity contribution in [1.82, 2.24) is 10.3 Å². The smallest absolute Gasteiger partial charge is 0.253 e. The first-order chi connectivity index (χ1) is 15.6. The predicted molar refractivity (Wildman–Crippen MR) is 126 cm³/mol. The summed E-state index contributed by atoms with van der Waals surface area (Å²) in [6.07, 6.45) is 9.44. The minimum absolute atomic E-state index is 0.111. The Labute approximate surface area is 194 Å². The molecular weight excluding hydrogens is 418 g/mol. The molecule has 0 spiro atoms. The number of nitrogens with two attached hydrogens (primary N) is 1. The van der Waals surface area contributed by atoms with E-state index in [1.54, 1.807) is 6.07 Å². The number of fused-ring (bicyclic) bond motifs is 1. The van der Waals surface area contributed by atoms with Gasteiger partial charge in [-0.3, -0.25) is 9.59 Å². The number of pyridine rings is 1. The minimum Gasteiger partial charge on any atom is -0.448 e. The van der Waals surface area contributed by atoms with Crippen molar-refractivity contribution in [2.75, 3.05) is 0 Å². The molecule has 1 aromatic carbocycles. The Morgan fingerprint density at radius 1 is 1.21 bits per heavy atom. The third kappa shape index (κ3) is 4.23. The number of hydrogen-bond donors (Lipinski definition) is 3. The van der Waals surface area contributed by atoms with Crippen LogP contribution in [0.3, 0.4) is 0 Å². The normalized spacial score (nSPS) is 23.8. The highest BCUT2D eigenvalue weighted by atomic mass is 16.7.